The summed E-state index contributed by atoms with van der Waals surface area (Å²) in [6.45, 7) is 6.21. The van der Waals surface area contributed by atoms with Crippen molar-refractivity contribution in [3.8, 4) is 0 Å². The third kappa shape index (κ3) is 1.78. The van der Waals surface area contributed by atoms with Crippen LogP contribution in [0.25, 0.3) is 11.6 Å². The number of anilines is 1. The molecule has 3 heteroatoms. The molecule has 19 heavy (non-hydrogen) atoms. The summed E-state index contributed by atoms with van der Waals surface area (Å²) in [4.78, 5) is 15.4. The van der Waals surface area contributed by atoms with Crippen LogP contribution in [0.2, 0.25) is 0 Å². The summed E-state index contributed by atoms with van der Waals surface area (Å²) in [5.74, 6) is -0.0366. The molecule has 3 rings (SSSR count). The Hall–Kier alpha value is -2.29. The SMILES string of the molecule is Cc1[nH]c(/C=C2\C(=O)Nc3ccccc32)c(C)c1C.[HH].[HH]. The minimum absolute atomic E-state index is 0. The zero-order chi connectivity index (χ0) is 13.6. The van der Waals surface area contributed by atoms with Crippen LogP contribution in [-0.4, -0.2) is 10.9 Å². The number of amides is 1. The lowest BCUT2D eigenvalue weighted by atomic mass is 10.0. The summed E-state index contributed by atoms with van der Waals surface area (Å²) in [6, 6.07) is 7.77. The molecule has 1 aromatic carbocycles. The molecule has 0 radical (unpaired) electrons. The maximum absolute atomic E-state index is 12.0. The standard InChI is InChI=1S/C16H16N2O.2H2/c1-9-10(2)15(17-11(9)3)8-13-12-6-4-5-7-14(12)18-16(13)19;;/h4-8,17H,1-3H3,(H,18,19);2*1H/b13-8-;;. The number of hydrogen-bond acceptors (Lipinski definition) is 1. The third-order valence-corrected chi connectivity index (χ3v) is 3.85. The maximum Gasteiger partial charge on any atom is 0.256 e. The molecule has 1 aliphatic heterocycles. The highest BCUT2D eigenvalue weighted by atomic mass is 16.2. The van der Waals surface area contributed by atoms with E-state index in [4.69, 9.17) is 0 Å². The molecule has 1 aromatic heterocycles. The topological polar surface area (TPSA) is 44.9 Å². The van der Waals surface area contributed by atoms with Crippen molar-refractivity contribution in [1.82, 2.24) is 4.98 Å². The van der Waals surface area contributed by atoms with Crippen LogP contribution in [-0.2, 0) is 4.79 Å². The number of aromatic nitrogens is 1. The van der Waals surface area contributed by atoms with E-state index in [-0.39, 0.29) is 8.76 Å². The Kier molecular flexibility index (Phi) is 2.56. The lowest BCUT2D eigenvalue weighted by molar-refractivity contribution is -0.110. The van der Waals surface area contributed by atoms with Gasteiger partial charge in [0.15, 0.2) is 0 Å². The molecule has 2 aromatic rings. The van der Waals surface area contributed by atoms with Gasteiger partial charge in [-0.25, -0.2) is 0 Å². The summed E-state index contributed by atoms with van der Waals surface area (Å²) >= 11 is 0. The van der Waals surface area contributed by atoms with Gasteiger partial charge in [0, 0.05) is 25.5 Å². The number of nitrogens with one attached hydrogen (secondary N) is 2. The zero-order valence-corrected chi connectivity index (χ0v) is 11.3. The van der Waals surface area contributed by atoms with Crippen molar-refractivity contribution in [3.63, 3.8) is 0 Å². The van der Waals surface area contributed by atoms with Crippen LogP contribution in [0.4, 0.5) is 5.69 Å². The van der Waals surface area contributed by atoms with Crippen molar-refractivity contribution in [2.75, 3.05) is 5.32 Å². The van der Waals surface area contributed by atoms with E-state index in [9.17, 15) is 4.79 Å². The van der Waals surface area contributed by atoms with Gasteiger partial charge in [0.25, 0.3) is 5.91 Å². The molecule has 0 saturated carbocycles. The highest BCUT2D eigenvalue weighted by Gasteiger charge is 2.23. The summed E-state index contributed by atoms with van der Waals surface area (Å²) in [6.07, 6.45) is 1.94. The predicted molar refractivity (Wildman–Crippen MR) is 82.2 cm³/mol. The van der Waals surface area contributed by atoms with Crippen LogP contribution in [0.3, 0.4) is 0 Å². The quantitative estimate of drug-likeness (QED) is 0.746. The van der Waals surface area contributed by atoms with Crippen molar-refractivity contribution >= 4 is 23.2 Å². The van der Waals surface area contributed by atoms with Crippen LogP contribution in [0.15, 0.2) is 24.3 Å². The van der Waals surface area contributed by atoms with Crippen molar-refractivity contribution < 1.29 is 7.65 Å². The highest BCUT2D eigenvalue weighted by molar-refractivity contribution is 6.34. The Bertz CT molecular complexity index is 717. The first kappa shape index (κ1) is 11.8. The molecule has 0 saturated heterocycles. The van der Waals surface area contributed by atoms with Crippen LogP contribution >= 0.6 is 0 Å². The summed E-state index contributed by atoms with van der Waals surface area (Å²) in [5, 5.41) is 2.89. The molecule has 0 bridgehead atoms. The average Bonchev–Trinajstić information content (AvgIpc) is 2.83. The first-order valence-electron chi connectivity index (χ1n) is 6.36. The third-order valence-electron chi connectivity index (χ3n) is 3.85. The van der Waals surface area contributed by atoms with E-state index in [1.54, 1.807) is 0 Å². The lowest BCUT2D eigenvalue weighted by Crippen LogP contribution is -2.03. The van der Waals surface area contributed by atoms with Crippen molar-refractivity contribution in [3.05, 3.63) is 52.3 Å². The van der Waals surface area contributed by atoms with Crippen molar-refractivity contribution in [2.45, 2.75) is 20.8 Å². The monoisotopic (exact) mass is 256 g/mol. The minimum atomic E-state index is -0.0366. The molecule has 0 unspecified atom stereocenters. The van der Waals surface area contributed by atoms with Gasteiger partial charge in [-0.1, -0.05) is 18.2 Å². The van der Waals surface area contributed by atoms with E-state index >= 15 is 0 Å². The van der Waals surface area contributed by atoms with E-state index in [0.29, 0.717) is 0 Å². The summed E-state index contributed by atoms with van der Waals surface area (Å²) in [7, 11) is 0. The van der Waals surface area contributed by atoms with Gasteiger partial charge in [0.05, 0.1) is 5.57 Å². The number of carbonyl (C=O) groups is 1. The molecule has 1 aliphatic rings. The first-order chi connectivity index (χ1) is 9.08. The van der Waals surface area contributed by atoms with Crippen LogP contribution < -0.4 is 5.32 Å². The molecule has 0 fully saturated rings. The highest BCUT2D eigenvalue weighted by Crippen LogP contribution is 2.33. The van der Waals surface area contributed by atoms with Gasteiger partial charge in [0.1, 0.15) is 0 Å². The number of fused-ring (bicyclic) bond motifs is 1. The molecular weight excluding hydrogens is 236 g/mol. The lowest BCUT2D eigenvalue weighted by Gasteiger charge is -1.98. The number of H-pyrrole nitrogens is 1. The molecule has 0 spiro atoms. The maximum atomic E-state index is 12.0. The van der Waals surface area contributed by atoms with E-state index in [2.05, 4.69) is 24.1 Å². The fourth-order valence-electron chi connectivity index (χ4n) is 2.44. The molecule has 0 aliphatic carbocycles. The Morgan fingerprint density at radius 1 is 1.11 bits per heavy atom. The van der Waals surface area contributed by atoms with E-state index < -0.39 is 0 Å². The van der Waals surface area contributed by atoms with E-state index in [1.807, 2.05) is 37.3 Å². The smallest absolute Gasteiger partial charge is 0.256 e. The van der Waals surface area contributed by atoms with E-state index in [1.165, 1.54) is 11.1 Å². The fraction of sp³-hybridized carbons (Fsp3) is 0.188. The van der Waals surface area contributed by atoms with Gasteiger partial charge in [-0.3, -0.25) is 4.79 Å². The normalized spacial score (nSPS) is 15.7. The number of hydrogen-bond donors (Lipinski definition) is 2. The Labute approximate surface area is 115 Å². The van der Waals surface area contributed by atoms with Crippen molar-refractivity contribution in [2.24, 2.45) is 0 Å². The average molecular weight is 256 g/mol. The number of carbonyl (C=O) groups excluding carboxylic acids is 1. The minimum Gasteiger partial charge on any atom is -0.359 e. The van der Waals surface area contributed by atoms with Gasteiger partial charge < -0.3 is 10.3 Å². The summed E-state index contributed by atoms with van der Waals surface area (Å²) < 4.78 is 0. The van der Waals surface area contributed by atoms with Crippen LogP contribution in [0.1, 0.15) is 30.9 Å². The molecule has 2 N–H and O–H groups in total. The zero-order valence-electron chi connectivity index (χ0n) is 11.3. The van der Waals surface area contributed by atoms with Gasteiger partial charge in [-0.05, 0) is 44.0 Å². The molecule has 2 heterocycles. The molecule has 100 valence electrons. The Morgan fingerprint density at radius 2 is 1.84 bits per heavy atom. The largest absolute Gasteiger partial charge is 0.359 e. The Morgan fingerprint density at radius 3 is 2.53 bits per heavy atom. The molecular formula is C16H20N2O. The van der Waals surface area contributed by atoms with Gasteiger partial charge in [-0.15, -0.1) is 0 Å². The predicted octanol–water partition coefficient (Wildman–Crippen LogP) is 3.92. The number of rotatable bonds is 1. The van der Waals surface area contributed by atoms with Gasteiger partial charge in [0.2, 0.25) is 0 Å². The second-order valence-corrected chi connectivity index (χ2v) is 4.97. The van der Waals surface area contributed by atoms with Gasteiger partial charge in [-0.2, -0.15) is 0 Å². The fourth-order valence-corrected chi connectivity index (χ4v) is 2.44. The van der Waals surface area contributed by atoms with Crippen LogP contribution in [0.5, 0.6) is 0 Å². The van der Waals surface area contributed by atoms with Crippen LogP contribution in [0, 0.1) is 20.8 Å². The summed E-state index contributed by atoms with van der Waals surface area (Å²) in [5.41, 5.74) is 7.18. The molecule has 0 atom stereocenters. The number of benzene rings is 1. The van der Waals surface area contributed by atoms with E-state index in [0.717, 1.165) is 28.2 Å². The number of para-hydroxylation sites is 1. The number of aryl methyl sites for hydroxylation is 1. The Balaban J connectivity index is 0.00000110. The van der Waals surface area contributed by atoms with Crippen molar-refractivity contribution in [1.29, 1.82) is 0 Å². The molecule has 1 amide bonds. The first-order valence-corrected chi connectivity index (χ1v) is 6.36. The second-order valence-electron chi connectivity index (χ2n) is 4.97. The van der Waals surface area contributed by atoms with Gasteiger partial charge >= 0.3 is 0 Å². The molecule has 3 nitrogen and oxygen atoms in total. The second kappa shape index (κ2) is 4.12. The number of aromatic amines is 1.